The largest absolute Gasteiger partial charge is 0.399 e. The van der Waals surface area contributed by atoms with Gasteiger partial charge in [0.05, 0.1) is 13.1 Å². The molecular formula is C15H16FN3O4. The molecule has 2 heterocycles. The van der Waals surface area contributed by atoms with Crippen LogP contribution in [0, 0.1) is 0 Å². The van der Waals surface area contributed by atoms with E-state index in [4.69, 9.17) is 10.5 Å². The smallest absolute Gasteiger partial charge is 0.251 e. The number of benzene rings is 1. The predicted octanol–water partition coefficient (Wildman–Crippen LogP) is -0.485. The zero-order valence-corrected chi connectivity index (χ0v) is 12.2. The molecule has 1 aromatic rings. The third-order valence-electron chi connectivity index (χ3n) is 4.02. The number of fused-ring (bicyclic) bond motifs is 1. The van der Waals surface area contributed by atoms with Crippen LogP contribution in [0.15, 0.2) is 24.3 Å². The standard InChI is InChI=1S/C15H16FN3O4/c16-10-6-19(13-11(20)7-23-14(10)13)12(21)5-18-15(22)8-1-3-9(17)4-2-8/h1-4,10,13-14H,5-7,17H2,(H,18,22)/t10-,13+,14+/m0/s1. The second-order valence-electron chi connectivity index (χ2n) is 5.55. The van der Waals surface area contributed by atoms with Gasteiger partial charge in [0.15, 0.2) is 5.78 Å². The Morgan fingerprint density at radius 2 is 2.04 bits per heavy atom. The molecule has 2 aliphatic heterocycles. The Bertz CT molecular complexity index is 649. The molecule has 0 radical (unpaired) electrons. The van der Waals surface area contributed by atoms with Crippen LogP contribution in [0.2, 0.25) is 0 Å². The van der Waals surface area contributed by atoms with Crippen molar-refractivity contribution in [2.75, 3.05) is 25.4 Å². The number of likely N-dealkylation sites (tertiary alicyclic amines) is 1. The summed E-state index contributed by atoms with van der Waals surface area (Å²) in [5, 5.41) is 2.46. The fraction of sp³-hybridized carbons (Fsp3) is 0.400. The molecule has 8 heteroatoms. The van der Waals surface area contributed by atoms with Gasteiger partial charge in [-0.05, 0) is 24.3 Å². The van der Waals surface area contributed by atoms with Crippen LogP contribution in [0.5, 0.6) is 0 Å². The average Bonchev–Trinajstić information content (AvgIpc) is 3.07. The average molecular weight is 321 g/mol. The third-order valence-corrected chi connectivity index (χ3v) is 4.02. The van der Waals surface area contributed by atoms with Crippen molar-refractivity contribution < 1.29 is 23.5 Å². The van der Waals surface area contributed by atoms with Gasteiger partial charge < -0.3 is 20.7 Å². The molecule has 2 aliphatic rings. The van der Waals surface area contributed by atoms with Gasteiger partial charge in [0.2, 0.25) is 5.91 Å². The molecular weight excluding hydrogens is 305 g/mol. The van der Waals surface area contributed by atoms with E-state index in [0.29, 0.717) is 11.3 Å². The van der Waals surface area contributed by atoms with Crippen molar-refractivity contribution in [1.29, 1.82) is 0 Å². The van der Waals surface area contributed by atoms with Gasteiger partial charge in [0.25, 0.3) is 5.91 Å². The number of nitrogens with two attached hydrogens (primary N) is 1. The second-order valence-corrected chi connectivity index (χ2v) is 5.55. The highest BCUT2D eigenvalue weighted by atomic mass is 19.1. The van der Waals surface area contributed by atoms with Crippen molar-refractivity contribution in [2.45, 2.75) is 18.3 Å². The van der Waals surface area contributed by atoms with Gasteiger partial charge in [-0.15, -0.1) is 0 Å². The van der Waals surface area contributed by atoms with Gasteiger partial charge in [-0.3, -0.25) is 14.4 Å². The summed E-state index contributed by atoms with van der Waals surface area (Å²) >= 11 is 0. The van der Waals surface area contributed by atoms with Crippen LogP contribution in [0.4, 0.5) is 10.1 Å². The summed E-state index contributed by atoms with van der Waals surface area (Å²) in [6, 6.07) is 5.33. The molecule has 122 valence electrons. The van der Waals surface area contributed by atoms with Gasteiger partial charge in [-0.2, -0.15) is 0 Å². The molecule has 3 N–H and O–H groups in total. The van der Waals surface area contributed by atoms with Crippen molar-refractivity contribution >= 4 is 23.3 Å². The SMILES string of the molecule is Nc1ccc(C(=O)NCC(=O)N2C[C@H](F)[C@H]3OCC(=O)[C@H]32)cc1. The number of anilines is 1. The van der Waals surface area contributed by atoms with Gasteiger partial charge >= 0.3 is 0 Å². The normalized spacial score (nSPS) is 26.2. The minimum absolute atomic E-state index is 0.183. The van der Waals surface area contributed by atoms with E-state index in [1.54, 1.807) is 12.1 Å². The fourth-order valence-electron chi connectivity index (χ4n) is 2.85. The number of ketones is 1. The number of alkyl halides is 1. The molecule has 0 saturated carbocycles. The van der Waals surface area contributed by atoms with Gasteiger partial charge in [-0.1, -0.05) is 0 Å². The summed E-state index contributed by atoms with van der Waals surface area (Å²) in [4.78, 5) is 37.0. The first-order valence-corrected chi connectivity index (χ1v) is 7.19. The highest BCUT2D eigenvalue weighted by Gasteiger charge is 2.52. The van der Waals surface area contributed by atoms with Crippen LogP contribution in [0.1, 0.15) is 10.4 Å². The molecule has 2 fully saturated rings. The topological polar surface area (TPSA) is 102 Å². The number of carbonyl (C=O) groups excluding carboxylic acids is 3. The number of hydrogen-bond acceptors (Lipinski definition) is 5. The Labute approximate surface area is 131 Å². The Morgan fingerprint density at radius 1 is 1.35 bits per heavy atom. The summed E-state index contributed by atoms with van der Waals surface area (Å²) in [6.45, 7) is -0.693. The van der Waals surface area contributed by atoms with Gasteiger partial charge in [-0.25, -0.2) is 4.39 Å². The van der Waals surface area contributed by atoms with Crippen LogP contribution < -0.4 is 11.1 Å². The predicted molar refractivity (Wildman–Crippen MR) is 78.3 cm³/mol. The van der Waals surface area contributed by atoms with E-state index < -0.39 is 30.1 Å². The number of rotatable bonds is 3. The van der Waals surface area contributed by atoms with E-state index >= 15 is 0 Å². The number of hydrogen-bond donors (Lipinski definition) is 2. The Morgan fingerprint density at radius 3 is 2.74 bits per heavy atom. The lowest BCUT2D eigenvalue weighted by Gasteiger charge is -2.21. The van der Waals surface area contributed by atoms with E-state index in [1.165, 1.54) is 12.1 Å². The molecule has 2 amide bonds. The summed E-state index contributed by atoms with van der Waals surface area (Å²) in [7, 11) is 0. The van der Waals surface area contributed by atoms with Crippen LogP contribution in [-0.2, 0) is 14.3 Å². The molecule has 2 saturated heterocycles. The zero-order chi connectivity index (χ0) is 16.6. The minimum Gasteiger partial charge on any atom is -0.399 e. The lowest BCUT2D eigenvalue weighted by atomic mass is 10.1. The molecule has 23 heavy (non-hydrogen) atoms. The maximum Gasteiger partial charge on any atom is 0.251 e. The van der Waals surface area contributed by atoms with Crippen LogP contribution in [0.3, 0.4) is 0 Å². The number of nitrogens with zero attached hydrogens (tertiary/aromatic N) is 1. The maximum absolute atomic E-state index is 13.8. The van der Waals surface area contributed by atoms with E-state index in [-0.39, 0.29) is 25.5 Å². The Balaban J connectivity index is 1.60. The molecule has 3 rings (SSSR count). The molecule has 0 unspecified atom stereocenters. The van der Waals surface area contributed by atoms with E-state index in [9.17, 15) is 18.8 Å². The van der Waals surface area contributed by atoms with Crippen molar-refractivity contribution in [3.05, 3.63) is 29.8 Å². The molecule has 0 bridgehead atoms. The number of nitrogens with one attached hydrogen (secondary N) is 1. The van der Waals surface area contributed by atoms with Gasteiger partial charge in [0, 0.05) is 11.3 Å². The Hall–Kier alpha value is -2.48. The van der Waals surface area contributed by atoms with Gasteiger partial charge in [0.1, 0.15) is 24.9 Å². The fourth-order valence-corrected chi connectivity index (χ4v) is 2.85. The van der Waals surface area contributed by atoms with Crippen molar-refractivity contribution in [1.82, 2.24) is 10.2 Å². The highest BCUT2D eigenvalue weighted by molar-refractivity contribution is 5.98. The molecule has 7 nitrogen and oxygen atoms in total. The summed E-state index contributed by atoms with van der Waals surface area (Å²) in [6.07, 6.45) is -2.28. The minimum atomic E-state index is -1.39. The van der Waals surface area contributed by atoms with Crippen molar-refractivity contribution in [2.24, 2.45) is 0 Å². The monoisotopic (exact) mass is 321 g/mol. The molecule has 0 aliphatic carbocycles. The number of Topliss-reactive ketones (excluding diaryl/α,β-unsaturated/α-hetero) is 1. The Kier molecular flexibility index (Phi) is 3.99. The number of nitrogen functional groups attached to an aromatic ring is 1. The number of amides is 2. The first-order valence-electron chi connectivity index (χ1n) is 7.19. The number of carbonyl (C=O) groups is 3. The van der Waals surface area contributed by atoms with E-state index in [1.807, 2.05) is 0 Å². The second kappa shape index (κ2) is 5.96. The van der Waals surface area contributed by atoms with E-state index in [0.717, 1.165) is 4.90 Å². The molecule has 3 atom stereocenters. The lowest BCUT2D eigenvalue weighted by Crippen LogP contribution is -2.46. The first-order chi connectivity index (χ1) is 11.0. The zero-order valence-electron chi connectivity index (χ0n) is 12.2. The molecule has 0 spiro atoms. The van der Waals surface area contributed by atoms with Crippen molar-refractivity contribution in [3.63, 3.8) is 0 Å². The highest BCUT2D eigenvalue weighted by Crippen LogP contribution is 2.29. The first kappa shape index (κ1) is 15.4. The van der Waals surface area contributed by atoms with Crippen molar-refractivity contribution in [3.8, 4) is 0 Å². The van der Waals surface area contributed by atoms with E-state index in [2.05, 4.69) is 5.32 Å². The summed E-state index contributed by atoms with van der Waals surface area (Å²) < 4.78 is 18.9. The van der Waals surface area contributed by atoms with Crippen LogP contribution in [0.25, 0.3) is 0 Å². The maximum atomic E-state index is 13.8. The summed E-state index contributed by atoms with van der Waals surface area (Å²) in [5.41, 5.74) is 6.41. The van der Waals surface area contributed by atoms with Crippen LogP contribution >= 0.6 is 0 Å². The summed E-state index contributed by atoms with van der Waals surface area (Å²) in [5.74, 6) is -1.27. The quantitative estimate of drug-likeness (QED) is 0.732. The van der Waals surface area contributed by atoms with Crippen LogP contribution in [-0.4, -0.2) is 60.5 Å². The molecule has 1 aromatic carbocycles. The number of ether oxygens (including phenoxy) is 1. The number of halogens is 1. The third kappa shape index (κ3) is 2.89. The molecule has 0 aromatic heterocycles. The lowest BCUT2D eigenvalue weighted by molar-refractivity contribution is -0.135.